The summed E-state index contributed by atoms with van der Waals surface area (Å²) in [5, 5.41) is 19.8. The van der Waals surface area contributed by atoms with Crippen LogP contribution in [-0.4, -0.2) is 97.3 Å². The number of nitrogens with one attached hydrogen (secondary N) is 1. The Labute approximate surface area is 228 Å². The molecule has 4 rings (SSSR count). The summed E-state index contributed by atoms with van der Waals surface area (Å²) in [4.78, 5) is 29.6. The summed E-state index contributed by atoms with van der Waals surface area (Å²) >= 11 is 0. The SMILES string of the molecule is COCCCN=C(Nc1cccc(C(=O)O)c1)N1CCN(Cc2ccc3c(c2)OCO3)CC1.O=C(O)C(F)(F)F. The van der Waals surface area contributed by atoms with Crippen molar-refractivity contribution in [2.45, 2.75) is 19.1 Å². The van der Waals surface area contributed by atoms with Gasteiger partial charge in [-0.3, -0.25) is 9.89 Å². The van der Waals surface area contributed by atoms with Crippen molar-refractivity contribution < 1.29 is 47.2 Å². The van der Waals surface area contributed by atoms with Crippen LogP contribution in [0.2, 0.25) is 0 Å². The normalized spacial score (nSPS) is 15.3. The predicted octanol–water partition coefficient (Wildman–Crippen LogP) is 3.37. The van der Waals surface area contributed by atoms with Crippen LogP contribution >= 0.6 is 0 Å². The molecule has 11 nitrogen and oxygen atoms in total. The number of carboxylic acid groups (broad SMARTS) is 2. The Morgan fingerprint density at radius 1 is 1.05 bits per heavy atom. The molecule has 0 spiro atoms. The number of aromatic carboxylic acids is 1. The molecular formula is C26H31F3N4O7. The van der Waals surface area contributed by atoms with Crippen LogP contribution < -0.4 is 14.8 Å². The Morgan fingerprint density at radius 2 is 1.75 bits per heavy atom. The minimum Gasteiger partial charge on any atom is -0.478 e. The number of benzene rings is 2. The fraction of sp³-hybridized carbons (Fsp3) is 0.423. The molecule has 3 N–H and O–H groups in total. The Balaban J connectivity index is 0.000000559. The van der Waals surface area contributed by atoms with Crippen molar-refractivity contribution in [3.05, 3.63) is 53.6 Å². The Bertz CT molecular complexity index is 1190. The maximum Gasteiger partial charge on any atom is 0.490 e. The summed E-state index contributed by atoms with van der Waals surface area (Å²) in [6, 6.07) is 12.9. The molecule has 0 bridgehead atoms. The van der Waals surface area contributed by atoms with E-state index in [4.69, 9.17) is 29.1 Å². The van der Waals surface area contributed by atoms with Crippen LogP contribution in [0.1, 0.15) is 22.3 Å². The number of carboxylic acids is 2. The van der Waals surface area contributed by atoms with Crippen LogP contribution in [0.4, 0.5) is 18.9 Å². The molecule has 0 radical (unpaired) electrons. The topological polar surface area (TPSA) is 133 Å². The minimum atomic E-state index is -5.08. The molecule has 0 aromatic heterocycles. The molecule has 0 atom stereocenters. The van der Waals surface area contributed by atoms with Gasteiger partial charge in [-0.25, -0.2) is 9.59 Å². The lowest BCUT2D eigenvalue weighted by molar-refractivity contribution is -0.192. The number of piperazine rings is 1. The van der Waals surface area contributed by atoms with Gasteiger partial charge in [0.05, 0.1) is 5.56 Å². The summed E-state index contributed by atoms with van der Waals surface area (Å²) in [6.45, 7) is 5.83. The number of methoxy groups -OCH3 is 1. The lowest BCUT2D eigenvalue weighted by atomic mass is 10.1. The highest BCUT2D eigenvalue weighted by Crippen LogP contribution is 2.32. The largest absolute Gasteiger partial charge is 0.490 e. The third kappa shape index (κ3) is 9.31. The van der Waals surface area contributed by atoms with Crippen molar-refractivity contribution >= 4 is 23.6 Å². The molecule has 1 saturated heterocycles. The molecule has 0 unspecified atom stereocenters. The summed E-state index contributed by atoms with van der Waals surface area (Å²) in [5.41, 5.74) is 2.15. The predicted molar refractivity (Wildman–Crippen MR) is 139 cm³/mol. The summed E-state index contributed by atoms with van der Waals surface area (Å²) in [5.74, 6) is -1.33. The number of ether oxygens (including phenoxy) is 3. The highest BCUT2D eigenvalue weighted by atomic mass is 19.4. The van der Waals surface area contributed by atoms with Crippen molar-refractivity contribution in [3.63, 3.8) is 0 Å². The third-order valence-electron chi connectivity index (χ3n) is 5.89. The lowest BCUT2D eigenvalue weighted by Crippen LogP contribution is -2.50. The standard InChI is InChI=1S/C24H30N4O5.C2HF3O2/c1-31-13-3-8-25-24(26-20-5-2-4-19(15-20)23(29)30)28-11-9-27(10-12-28)16-18-6-7-21-22(14-18)33-17-32-21;3-2(4,5)1(6)7/h2,4-7,14-15H,3,8-13,16-17H2,1H3,(H,25,26)(H,29,30);(H,6,7). The van der Waals surface area contributed by atoms with Crippen molar-refractivity contribution in [1.82, 2.24) is 9.80 Å². The van der Waals surface area contributed by atoms with E-state index in [2.05, 4.69) is 21.2 Å². The first-order valence-corrected chi connectivity index (χ1v) is 12.4. The van der Waals surface area contributed by atoms with E-state index >= 15 is 0 Å². The third-order valence-corrected chi connectivity index (χ3v) is 5.89. The molecular weight excluding hydrogens is 537 g/mol. The molecule has 14 heteroatoms. The van der Waals surface area contributed by atoms with E-state index in [1.807, 2.05) is 18.2 Å². The molecule has 40 heavy (non-hydrogen) atoms. The van der Waals surface area contributed by atoms with E-state index in [1.54, 1.807) is 25.3 Å². The number of hydrogen-bond donors (Lipinski definition) is 3. The molecule has 2 aliphatic heterocycles. The number of aliphatic imine (C=N–C) groups is 1. The first-order valence-electron chi connectivity index (χ1n) is 12.4. The first-order chi connectivity index (χ1) is 19.1. The molecule has 2 heterocycles. The number of rotatable bonds is 8. The number of halogens is 3. The van der Waals surface area contributed by atoms with Crippen molar-refractivity contribution in [2.24, 2.45) is 4.99 Å². The van der Waals surface area contributed by atoms with Crippen LogP contribution in [-0.2, 0) is 16.1 Å². The molecule has 2 aromatic carbocycles. The maximum absolute atomic E-state index is 11.3. The van der Waals surface area contributed by atoms with Gasteiger partial charge in [0.2, 0.25) is 6.79 Å². The van der Waals surface area contributed by atoms with Gasteiger partial charge >= 0.3 is 18.1 Å². The average molecular weight is 569 g/mol. The number of hydrogen-bond acceptors (Lipinski definition) is 7. The second-order valence-electron chi connectivity index (χ2n) is 8.82. The zero-order valence-corrected chi connectivity index (χ0v) is 21.8. The van der Waals surface area contributed by atoms with Gasteiger partial charge in [-0.15, -0.1) is 0 Å². The second kappa shape index (κ2) is 14.4. The molecule has 0 amide bonds. The zero-order chi connectivity index (χ0) is 29.1. The molecule has 0 saturated carbocycles. The van der Waals surface area contributed by atoms with Crippen LogP contribution in [0.5, 0.6) is 11.5 Å². The monoisotopic (exact) mass is 568 g/mol. The van der Waals surface area contributed by atoms with Gasteiger partial charge in [-0.2, -0.15) is 13.2 Å². The quantitative estimate of drug-likeness (QED) is 0.247. The zero-order valence-electron chi connectivity index (χ0n) is 21.8. The summed E-state index contributed by atoms with van der Waals surface area (Å²) in [7, 11) is 1.68. The Morgan fingerprint density at radius 3 is 2.40 bits per heavy atom. The Kier molecular flexibility index (Phi) is 11.0. The van der Waals surface area contributed by atoms with E-state index in [0.29, 0.717) is 18.8 Å². The van der Waals surface area contributed by atoms with Gasteiger partial charge in [-0.05, 0) is 42.3 Å². The van der Waals surface area contributed by atoms with Gasteiger partial charge < -0.3 is 34.6 Å². The number of carbonyl (C=O) groups is 2. The van der Waals surface area contributed by atoms with Gasteiger partial charge in [0, 0.05) is 58.7 Å². The van der Waals surface area contributed by atoms with Gasteiger partial charge in [0.25, 0.3) is 0 Å². The Hall–Kier alpha value is -4.04. The average Bonchev–Trinajstić information content (AvgIpc) is 3.39. The number of alkyl halides is 3. The van der Waals surface area contributed by atoms with Gasteiger partial charge in [0.15, 0.2) is 17.5 Å². The van der Waals surface area contributed by atoms with Crippen LogP contribution in [0.3, 0.4) is 0 Å². The van der Waals surface area contributed by atoms with Crippen LogP contribution in [0, 0.1) is 0 Å². The molecule has 218 valence electrons. The fourth-order valence-electron chi connectivity index (χ4n) is 3.89. The first kappa shape index (κ1) is 30.5. The van der Waals surface area contributed by atoms with E-state index in [0.717, 1.165) is 56.6 Å². The van der Waals surface area contributed by atoms with Crippen molar-refractivity contribution in [1.29, 1.82) is 0 Å². The number of nitrogens with zero attached hydrogens (tertiary/aromatic N) is 3. The van der Waals surface area contributed by atoms with Gasteiger partial charge in [0.1, 0.15) is 0 Å². The summed E-state index contributed by atoms with van der Waals surface area (Å²) < 4.78 is 47.8. The van der Waals surface area contributed by atoms with E-state index in [1.165, 1.54) is 5.56 Å². The second-order valence-corrected chi connectivity index (χ2v) is 8.82. The number of anilines is 1. The molecule has 2 aliphatic rings. The van der Waals surface area contributed by atoms with Crippen LogP contribution in [0.15, 0.2) is 47.5 Å². The summed E-state index contributed by atoms with van der Waals surface area (Å²) in [6.07, 6.45) is -4.26. The number of aliphatic carboxylic acids is 1. The van der Waals surface area contributed by atoms with Gasteiger partial charge in [-0.1, -0.05) is 12.1 Å². The number of fused-ring (bicyclic) bond motifs is 1. The molecule has 1 fully saturated rings. The maximum atomic E-state index is 11.3. The van der Waals surface area contributed by atoms with E-state index in [9.17, 15) is 23.1 Å². The highest BCUT2D eigenvalue weighted by molar-refractivity contribution is 5.95. The fourth-order valence-corrected chi connectivity index (χ4v) is 3.89. The van der Waals surface area contributed by atoms with E-state index in [-0.39, 0.29) is 12.4 Å². The van der Waals surface area contributed by atoms with Crippen LogP contribution in [0.25, 0.3) is 0 Å². The van der Waals surface area contributed by atoms with Crippen molar-refractivity contribution in [3.8, 4) is 11.5 Å². The molecule has 2 aromatic rings. The van der Waals surface area contributed by atoms with Crippen molar-refractivity contribution in [2.75, 3.05) is 58.6 Å². The highest BCUT2D eigenvalue weighted by Gasteiger charge is 2.38. The smallest absolute Gasteiger partial charge is 0.478 e. The lowest BCUT2D eigenvalue weighted by Gasteiger charge is -2.36. The molecule has 0 aliphatic carbocycles. The minimum absolute atomic E-state index is 0.243. The number of guanidine groups is 1. The van der Waals surface area contributed by atoms with E-state index < -0.39 is 18.1 Å².